The third-order valence-electron chi connectivity index (χ3n) is 8.21. The number of carbonyl (C=O) groups is 3. The fourth-order valence-electron chi connectivity index (χ4n) is 4.85. The summed E-state index contributed by atoms with van der Waals surface area (Å²) in [7, 11) is -4.76. The highest BCUT2D eigenvalue weighted by Gasteiger charge is 2.28. The molecule has 0 spiro atoms. The van der Waals surface area contributed by atoms with E-state index in [1.807, 2.05) is 30.4 Å². The van der Waals surface area contributed by atoms with Crippen LogP contribution in [0, 0.1) is 0 Å². The number of esters is 2. The first-order valence-corrected chi connectivity index (χ1v) is 23.1. The largest absolute Gasteiger partial charge is 0.480 e. The molecule has 11 nitrogen and oxygen atoms in total. The maximum Gasteiger partial charge on any atom is 0.472 e. The van der Waals surface area contributed by atoms with Gasteiger partial charge in [0.05, 0.1) is 13.2 Å². The van der Waals surface area contributed by atoms with Crippen LogP contribution >= 0.6 is 7.82 Å². The molecule has 336 valence electrons. The van der Waals surface area contributed by atoms with Gasteiger partial charge in [-0.25, -0.2) is 4.57 Å². The molecule has 0 aromatic carbocycles. The second-order valence-corrected chi connectivity index (χ2v) is 15.2. The number of rotatable bonds is 38. The summed E-state index contributed by atoms with van der Waals surface area (Å²) < 4.78 is 32.5. The van der Waals surface area contributed by atoms with Crippen LogP contribution in [0.3, 0.4) is 0 Å². The fraction of sp³-hybridized carbons (Fsp3) is 0.521. The van der Waals surface area contributed by atoms with Gasteiger partial charge in [-0.05, 0) is 89.9 Å². The van der Waals surface area contributed by atoms with Gasteiger partial charge >= 0.3 is 25.7 Å². The van der Waals surface area contributed by atoms with E-state index < -0.39 is 57.7 Å². The topological polar surface area (TPSA) is 172 Å². The molecule has 0 aromatic heterocycles. The molecule has 0 fully saturated rings. The van der Waals surface area contributed by atoms with Crippen molar-refractivity contribution in [3.63, 3.8) is 0 Å². The van der Waals surface area contributed by atoms with Gasteiger partial charge in [-0.2, -0.15) is 0 Å². The number of carboxylic acids is 1. The molecule has 0 aliphatic heterocycles. The van der Waals surface area contributed by atoms with Gasteiger partial charge in [-0.3, -0.25) is 23.4 Å². The van der Waals surface area contributed by atoms with Gasteiger partial charge in [0.1, 0.15) is 12.6 Å². The summed E-state index contributed by atoms with van der Waals surface area (Å²) in [6.45, 7) is 2.50. The number of allylic oxidation sites excluding steroid dienone is 20. The molecule has 0 aromatic rings. The van der Waals surface area contributed by atoms with E-state index >= 15 is 0 Å². The van der Waals surface area contributed by atoms with E-state index in [0.29, 0.717) is 25.7 Å². The number of carboxylic acid groups (broad SMARTS) is 1. The lowest BCUT2D eigenvalue weighted by atomic mass is 10.2. The monoisotopic (exact) mass is 856 g/mol. The number of carbonyl (C=O) groups excluding carboxylic acids is 2. The summed E-state index contributed by atoms with van der Waals surface area (Å²) in [6.07, 6.45) is 55.7. The molecular weight excluding hydrogens is 781 g/mol. The van der Waals surface area contributed by atoms with Crippen molar-refractivity contribution in [2.75, 3.05) is 19.8 Å². The maximum absolute atomic E-state index is 12.6. The highest BCUT2D eigenvalue weighted by Crippen LogP contribution is 2.43. The van der Waals surface area contributed by atoms with Crippen molar-refractivity contribution < 1.29 is 47.5 Å². The van der Waals surface area contributed by atoms with E-state index in [2.05, 4.69) is 110 Å². The molecule has 4 N–H and O–H groups in total. The molecule has 3 atom stereocenters. The Labute approximate surface area is 360 Å². The Morgan fingerprint density at radius 1 is 0.533 bits per heavy atom. The normalized spacial score (nSPS) is 14.9. The summed E-state index contributed by atoms with van der Waals surface area (Å²) in [5.74, 6) is -2.58. The summed E-state index contributed by atoms with van der Waals surface area (Å²) in [4.78, 5) is 45.9. The molecule has 0 aliphatic rings. The quantitative estimate of drug-likeness (QED) is 0.0233. The highest BCUT2D eigenvalue weighted by atomic mass is 31.2. The van der Waals surface area contributed by atoms with Crippen LogP contribution in [-0.2, 0) is 37.5 Å². The van der Waals surface area contributed by atoms with Crippen LogP contribution in [0.4, 0.5) is 0 Å². The fourth-order valence-corrected chi connectivity index (χ4v) is 5.62. The van der Waals surface area contributed by atoms with Crippen LogP contribution < -0.4 is 5.73 Å². The van der Waals surface area contributed by atoms with E-state index in [-0.39, 0.29) is 12.8 Å². The molecule has 12 heteroatoms. The zero-order valence-corrected chi connectivity index (χ0v) is 37.1. The van der Waals surface area contributed by atoms with Crippen LogP contribution in [-0.4, -0.2) is 59.9 Å². The van der Waals surface area contributed by atoms with Gasteiger partial charge in [-0.15, -0.1) is 0 Å². The Kier molecular flexibility index (Phi) is 38.8. The van der Waals surface area contributed by atoms with Gasteiger partial charge in [-0.1, -0.05) is 148 Å². The SMILES string of the molecule is CCC=CCC=CCC=CCC=CCC=CCC=CCCC(=O)O[C@H](COC(=O)CCCC=CCC=CCC=CCC=CCCCCC)COP(=O)(O)OC[C@H](N)C(=O)O. The van der Waals surface area contributed by atoms with E-state index in [0.717, 1.165) is 57.8 Å². The second-order valence-electron chi connectivity index (χ2n) is 13.7. The second kappa shape index (κ2) is 41.6. The van der Waals surface area contributed by atoms with E-state index in [1.165, 1.54) is 19.3 Å². The smallest absolute Gasteiger partial charge is 0.472 e. The highest BCUT2D eigenvalue weighted by molar-refractivity contribution is 7.47. The summed E-state index contributed by atoms with van der Waals surface area (Å²) in [5, 5.41) is 8.89. The predicted octanol–water partition coefficient (Wildman–Crippen LogP) is 11.6. The Balaban J connectivity index is 4.62. The third kappa shape index (κ3) is 40.7. The molecule has 60 heavy (non-hydrogen) atoms. The Morgan fingerprint density at radius 2 is 0.950 bits per heavy atom. The van der Waals surface area contributed by atoms with E-state index in [9.17, 15) is 23.8 Å². The Bertz CT molecular complexity index is 1470. The van der Waals surface area contributed by atoms with Crippen molar-refractivity contribution in [2.45, 2.75) is 142 Å². The Hall–Kier alpha value is -4.12. The zero-order chi connectivity index (χ0) is 44.2. The van der Waals surface area contributed by atoms with Crippen LogP contribution in [0.25, 0.3) is 0 Å². The average molecular weight is 856 g/mol. The number of phosphoric acid groups is 1. The summed E-state index contributed by atoms with van der Waals surface area (Å²) in [5.41, 5.74) is 5.32. The number of ether oxygens (including phenoxy) is 2. The van der Waals surface area contributed by atoms with Crippen LogP contribution in [0.15, 0.2) is 122 Å². The molecule has 0 bridgehead atoms. The number of aliphatic carboxylic acids is 1. The molecule has 0 aliphatic carbocycles. The van der Waals surface area contributed by atoms with Crippen molar-refractivity contribution in [3.05, 3.63) is 122 Å². The first-order chi connectivity index (χ1) is 29.1. The van der Waals surface area contributed by atoms with Crippen molar-refractivity contribution >= 4 is 25.7 Å². The zero-order valence-electron chi connectivity index (χ0n) is 36.2. The first kappa shape index (κ1) is 55.9. The molecule has 0 amide bonds. The molecule has 0 saturated carbocycles. The Morgan fingerprint density at radius 3 is 1.40 bits per heavy atom. The van der Waals surface area contributed by atoms with Gasteiger partial charge < -0.3 is 25.2 Å². The number of phosphoric ester groups is 1. The van der Waals surface area contributed by atoms with Crippen molar-refractivity contribution in [3.8, 4) is 0 Å². The third-order valence-corrected chi connectivity index (χ3v) is 9.16. The molecule has 0 saturated heterocycles. The van der Waals surface area contributed by atoms with Crippen molar-refractivity contribution in [2.24, 2.45) is 5.73 Å². The number of hydrogen-bond donors (Lipinski definition) is 3. The van der Waals surface area contributed by atoms with Crippen LogP contribution in [0.5, 0.6) is 0 Å². The lowest BCUT2D eigenvalue weighted by molar-refractivity contribution is -0.161. The summed E-state index contributed by atoms with van der Waals surface area (Å²) in [6, 6.07) is -1.55. The number of hydrogen-bond acceptors (Lipinski definition) is 9. The van der Waals surface area contributed by atoms with E-state index in [1.54, 1.807) is 0 Å². The molecule has 0 rings (SSSR count). The minimum atomic E-state index is -4.76. The molecule has 0 radical (unpaired) electrons. The molecule has 1 unspecified atom stereocenters. The summed E-state index contributed by atoms with van der Waals surface area (Å²) >= 11 is 0. The van der Waals surface area contributed by atoms with Crippen molar-refractivity contribution in [1.82, 2.24) is 0 Å². The maximum atomic E-state index is 12.6. The van der Waals surface area contributed by atoms with Gasteiger partial charge in [0.25, 0.3) is 0 Å². The van der Waals surface area contributed by atoms with Crippen LogP contribution in [0.2, 0.25) is 0 Å². The van der Waals surface area contributed by atoms with Crippen LogP contribution in [0.1, 0.15) is 129 Å². The van der Waals surface area contributed by atoms with Gasteiger partial charge in [0.2, 0.25) is 0 Å². The van der Waals surface area contributed by atoms with Gasteiger partial charge in [0.15, 0.2) is 6.10 Å². The van der Waals surface area contributed by atoms with Crippen molar-refractivity contribution in [1.29, 1.82) is 0 Å². The number of unbranched alkanes of at least 4 members (excludes halogenated alkanes) is 4. The minimum Gasteiger partial charge on any atom is -0.480 e. The molecular formula is C48H74NO10P. The number of nitrogens with two attached hydrogens (primary N) is 1. The minimum absolute atomic E-state index is 0.0163. The average Bonchev–Trinajstić information content (AvgIpc) is 3.22. The standard InChI is InChI=1S/C48H74NO10P/c1-3-5-7-9-11-13-15-17-19-21-22-24-26-28-30-32-34-36-38-40-47(51)59-44(42-57-60(54,55)58-43-45(49)48(52)53)41-56-46(50)39-37-35-33-31-29-27-25-23-20-18-16-14-12-10-8-6-4-2/h5,7,11-14,17-20,22,24-25,27-28,30-31,33-34,36,44-45H,3-4,6,8-10,15-16,21,23,26,29,32,35,37-43,49H2,1-2H3,(H,52,53)(H,54,55)/t44-,45+/m1/s1. The van der Waals surface area contributed by atoms with E-state index in [4.69, 9.17) is 24.8 Å². The lowest BCUT2D eigenvalue weighted by Crippen LogP contribution is -2.34. The molecule has 0 heterocycles. The first-order valence-electron chi connectivity index (χ1n) is 21.6. The lowest BCUT2D eigenvalue weighted by Gasteiger charge is -2.20. The van der Waals surface area contributed by atoms with Gasteiger partial charge in [0, 0.05) is 12.8 Å². The predicted molar refractivity (Wildman–Crippen MR) is 244 cm³/mol.